The van der Waals surface area contributed by atoms with E-state index in [1.807, 2.05) is 0 Å². The number of hydrogen-bond donors (Lipinski definition) is 0. The van der Waals surface area contributed by atoms with Crippen LogP contribution in [0.4, 0.5) is 4.39 Å². The number of aryl methyl sites for hydroxylation is 1. The summed E-state index contributed by atoms with van der Waals surface area (Å²) in [5.74, 6) is -0.846. The molecule has 1 fully saturated rings. The van der Waals surface area contributed by atoms with Crippen LogP contribution >= 0.6 is 15.9 Å². The number of furan rings is 1. The van der Waals surface area contributed by atoms with Crippen LogP contribution in [0, 0.1) is 12.7 Å². The lowest BCUT2D eigenvalue weighted by atomic mass is 10.2. The number of carbonyl (C=O) groups is 1. The Bertz CT molecular complexity index is 968. The fourth-order valence-electron chi connectivity index (χ4n) is 3.07. The van der Waals surface area contributed by atoms with Gasteiger partial charge in [0.05, 0.1) is 0 Å². The van der Waals surface area contributed by atoms with Crippen LogP contribution in [0.2, 0.25) is 0 Å². The van der Waals surface area contributed by atoms with Gasteiger partial charge in [-0.1, -0.05) is 15.9 Å². The number of rotatable bonds is 5. The summed E-state index contributed by atoms with van der Waals surface area (Å²) in [6.07, 6.45) is 1.64. The van der Waals surface area contributed by atoms with Gasteiger partial charge < -0.3 is 9.32 Å². The van der Waals surface area contributed by atoms with E-state index in [4.69, 9.17) is 4.42 Å². The van der Waals surface area contributed by atoms with Crippen LogP contribution in [-0.4, -0.2) is 43.7 Å². The molecule has 1 saturated heterocycles. The van der Waals surface area contributed by atoms with Crippen molar-refractivity contribution >= 4 is 31.9 Å². The molecule has 0 atom stereocenters. The van der Waals surface area contributed by atoms with E-state index in [1.54, 1.807) is 12.1 Å². The third-order valence-corrected chi connectivity index (χ3v) is 7.03. The molecule has 0 radical (unpaired) electrons. The van der Waals surface area contributed by atoms with E-state index < -0.39 is 21.7 Å². The summed E-state index contributed by atoms with van der Waals surface area (Å²) >= 11 is 3.28. The molecule has 1 aliphatic rings. The minimum Gasteiger partial charge on any atom is -0.455 e. The summed E-state index contributed by atoms with van der Waals surface area (Å²) < 4.78 is 46.9. The van der Waals surface area contributed by atoms with Gasteiger partial charge in [-0.05, 0) is 38.0 Å². The maximum absolute atomic E-state index is 13.9. The molecule has 9 heteroatoms. The molecule has 1 amide bonds. The molecule has 0 N–H and O–H groups in total. The normalized spacial score (nSPS) is 15.3. The first-order valence-electron chi connectivity index (χ1n) is 8.50. The molecule has 3 rings (SSSR count). The summed E-state index contributed by atoms with van der Waals surface area (Å²) in [5, 5.41) is 0. The summed E-state index contributed by atoms with van der Waals surface area (Å²) in [4.78, 5) is 13.9. The molecule has 1 aromatic carbocycles. The second kappa shape index (κ2) is 7.73. The Morgan fingerprint density at radius 3 is 2.63 bits per heavy atom. The van der Waals surface area contributed by atoms with Gasteiger partial charge in [0.1, 0.15) is 16.5 Å². The lowest BCUT2D eigenvalue weighted by Gasteiger charge is -2.16. The fraction of sp³-hybridized carbons (Fsp3) is 0.389. The highest BCUT2D eigenvalue weighted by atomic mass is 79.9. The fourth-order valence-corrected chi connectivity index (χ4v) is 5.16. The minimum absolute atomic E-state index is 0.00906. The number of halogens is 2. The zero-order valence-corrected chi connectivity index (χ0v) is 17.4. The number of amides is 1. The Balaban J connectivity index is 1.82. The zero-order valence-electron chi connectivity index (χ0n) is 15.0. The van der Waals surface area contributed by atoms with E-state index in [2.05, 4.69) is 15.9 Å². The first kappa shape index (κ1) is 20.0. The van der Waals surface area contributed by atoms with Crippen LogP contribution in [0.3, 0.4) is 0 Å². The van der Waals surface area contributed by atoms with Gasteiger partial charge >= 0.3 is 0 Å². The number of carbonyl (C=O) groups excluding carboxylic acids is 1. The van der Waals surface area contributed by atoms with Crippen molar-refractivity contribution < 1.29 is 22.0 Å². The molecule has 0 spiro atoms. The van der Waals surface area contributed by atoms with Gasteiger partial charge in [0.2, 0.25) is 10.0 Å². The topological polar surface area (TPSA) is 70.8 Å². The Morgan fingerprint density at radius 2 is 1.96 bits per heavy atom. The lowest BCUT2D eigenvalue weighted by molar-refractivity contribution is 0.0750. The monoisotopic (exact) mass is 458 g/mol. The molecule has 2 heterocycles. The second-order valence-corrected chi connectivity index (χ2v) is 9.36. The van der Waals surface area contributed by atoms with Gasteiger partial charge in [-0.3, -0.25) is 4.79 Å². The van der Waals surface area contributed by atoms with Crippen LogP contribution in [0.1, 0.15) is 34.7 Å². The van der Waals surface area contributed by atoms with E-state index in [-0.39, 0.29) is 23.0 Å². The number of sulfonamides is 1. The molecular formula is C18H20BrFN2O4S. The van der Waals surface area contributed by atoms with Crippen LogP contribution in [-0.2, 0) is 16.6 Å². The highest BCUT2D eigenvalue weighted by molar-refractivity contribution is 9.10. The maximum atomic E-state index is 13.9. The molecule has 2 aromatic rings. The van der Waals surface area contributed by atoms with Crippen molar-refractivity contribution in [2.45, 2.75) is 31.2 Å². The van der Waals surface area contributed by atoms with Crippen LogP contribution in [0.25, 0.3) is 0 Å². The van der Waals surface area contributed by atoms with E-state index >= 15 is 0 Å². The average molecular weight is 459 g/mol. The smallest absolute Gasteiger partial charge is 0.289 e. The quantitative estimate of drug-likeness (QED) is 0.686. The summed E-state index contributed by atoms with van der Waals surface area (Å²) in [7, 11) is -2.17. The van der Waals surface area contributed by atoms with Gasteiger partial charge in [-0.15, -0.1) is 0 Å². The minimum atomic E-state index is -3.68. The molecule has 0 bridgehead atoms. The molecule has 6 nitrogen and oxygen atoms in total. The van der Waals surface area contributed by atoms with E-state index in [0.29, 0.717) is 23.1 Å². The third kappa shape index (κ3) is 4.09. The molecule has 0 unspecified atom stereocenters. The SMILES string of the molecule is Cc1oc(C(=O)N(C)Cc2cc(Br)ccc2F)cc1S(=O)(=O)N1CCCC1. The number of hydrogen-bond acceptors (Lipinski definition) is 4. The van der Waals surface area contributed by atoms with Crippen LogP contribution < -0.4 is 0 Å². The molecular weight excluding hydrogens is 439 g/mol. The van der Waals surface area contributed by atoms with Crippen molar-refractivity contribution in [2.75, 3.05) is 20.1 Å². The van der Waals surface area contributed by atoms with Crippen LogP contribution in [0.5, 0.6) is 0 Å². The van der Waals surface area contributed by atoms with Gasteiger partial charge in [-0.25, -0.2) is 12.8 Å². The Labute approximate surface area is 166 Å². The van der Waals surface area contributed by atoms with E-state index in [9.17, 15) is 17.6 Å². The summed E-state index contributed by atoms with van der Waals surface area (Å²) in [6.45, 7) is 2.49. The van der Waals surface area contributed by atoms with Crippen molar-refractivity contribution in [1.82, 2.24) is 9.21 Å². The standard InChI is InChI=1S/C18H20BrFN2O4S/c1-12-17(27(24,25)22-7-3-4-8-22)10-16(26-12)18(23)21(2)11-13-9-14(19)5-6-15(13)20/h5-6,9-10H,3-4,7-8,11H2,1-2H3. The predicted molar refractivity (Wildman–Crippen MR) is 101 cm³/mol. The zero-order chi connectivity index (χ0) is 19.8. The van der Waals surface area contributed by atoms with E-state index in [1.165, 1.54) is 35.3 Å². The first-order chi connectivity index (χ1) is 12.7. The average Bonchev–Trinajstić information content (AvgIpc) is 3.27. The predicted octanol–water partition coefficient (Wildman–Crippen LogP) is 3.55. The van der Waals surface area contributed by atoms with Gasteiger partial charge in [0.15, 0.2) is 5.76 Å². The summed E-state index contributed by atoms with van der Waals surface area (Å²) in [5.41, 5.74) is 0.341. The van der Waals surface area contributed by atoms with Gasteiger partial charge in [0.25, 0.3) is 5.91 Å². The lowest BCUT2D eigenvalue weighted by Crippen LogP contribution is -2.28. The highest BCUT2D eigenvalue weighted by Gasteiger charge is 2.32. The third-order valence-electron chi connectivity index (χ3n) is 4.53. The largest absolute Gasteiger partial charge is 0.455 e. The number of nitrogens with zero attached hydrogens (tertiary/aromatic N) is 2. The van der Waals surface area contributed by atoms with Crippen LogP contribution in [0.15, 0.2) is 38.1 Å². The molecule has 27 heavy (non-hydrogen) atoms. The van der Waals surface area contributed by atoms with E-state index in [0.717, 1.165) is 12.8 Å². The van der Waals surface area contributed by atoms with Crippen molar-refractivity contribution in [3.63, 3.8) is 0 Å². The van der Waals surface area contributed by atoms with Crippen molar-refractivity contribution in [2.24, 2.45) is 0 Å². The van der Waals surface area contributed by atoms with Crippen molar-refractivity contribution in [3.05, 3.63) is 51.6 Å². The Hall–Kier alpha value is -1.71. The Kier molecular flexibility index (Phi) is 5.73. The van der Waals surface area contributed by atoms with Crippen molar-refractivity contribution in [1.29, 1.82) is 0 Å². The molecule has 0 aliphatic carbocycles. The molecule has 1 aliphatic heterocycles. The van der Waals surface area contributed by atoms with Gasteiger partial charge in [-0.2, -0.15) is 4.31 Å². The molecule has 146 valence electrons. The highest BCUT2D eigenvalue weighted by Crippen LogP contribution is 2.27. The number of benzene rings is 1. The molecule has 1 aromatic heterocycles. The summed E-state index contributed by atoms with van der Waals surface area (Å²) in [6, 6.07) is 5.75. The molecule has 0 saturated carbocycles. The first-order valence-corrected chi connectivity index (χ1v) is 10.7. The van der Waals surface area contributed by atoms with Crippen molar-refractivity contribution in [3.8, 4) is 0 Å². The maximum Gasteiger partial charge on any atom is 0.289 e. The van der Waals surface area contributed by atoms with Gasteiger partial charge in [0, 0.05) is 42.8 Å². The Morgan fingerprint density at radius 1 is 1.30 bits per heavy atom. The second-order valence-electron chi connectivity index (χ2n) is 6.54.